The van der Waals surface area contributed by atoms with Crippen LogP contribution < -0.4 is 0 Å². The first-order chi connectivity index (χ1) is 8.56. The van der Waals surface area contributed by atoms with E-state index in [1.165, 1.54) is 18.4 Å². The number of ether oxygens (including phenoxy) is 1. The largest absolute Gasteiger partial charge is 0.507 e. The summed E-state index contributed by atoms with van der Waals surface area (Å²) >= 11 is 0. The van der Waals surface area contributed by atoms with Gasteiger partial charge in [-0.1, -0.05) is 12.1 Å². The smallest absolute Gasteiger partial charge is 0.121 e. The van der Waals surface area contributed by atoms with Crippen molar-refractivity contribution in [2.24, 2.45) is 0 Å². The fourth-order valence-corrected chi connectivity index (χ4v) is 2.65. The van der Waals surface area contributed by atoms with Gasteiger partial charge in [-0.25, -0.2) is 0 Å². The molecule has 1 aromatic rings. The Morgan fingerprint density at radius 1 is 1.33 bits per heavy atom. The number of nitrogens with zero attached hydrogens (tertiary/aromatic N) is 1. The Hall–Kier alpha value is -1.06. The first kappa shape index (κ1) is 13.4. The molecule has 1 aliphatic heterocycles. The van der Waals surface area contributed by atoms with Crippen molar-refractivity contribution in [2.45, 2.75) is 39.3 Å². The molecule has 3 heteroatoms. The minimum Gasteiger partial charge on any atom is -0.507 e. The van der Waals surface area contributed by atoms with Gasteiger partial charge in [0.1, 0.15) is 5.75 Å². The molecule has 1 aromatic carbocycles. The molecule has 1 unspecified atom stereocenters. The number of hydrogen-bond donors (Lipinski definition) is 1. The molecule has 1 N–H and O–H groups in total. The Balaban J connectivity index is 1.95. The van der Waals surface area contributed by atoms with Crippen LogP contribution in [-0.4, -0.2) is 36.3 Å². The molecule has 1 atom stereocenters. The Morgan fingerprint density at radius 3 is 2.56 bits per heavy atom. The molecule has 2 rings (SSSR count). The summed E-state index contributed by atoms with van der Waals surface area (Å²) < 4.78 is 5.65. The van der Waals surface area contributed by atoms with Crippen molar-refractivity contribution in [3.63, 3.8) is 0 Å². The number of aromatic hydroxyl groups is 1. The highest BCUT2D eigenvalue weighted by molar-refractivity contribution is 5.42. The van der Waals surface area contributed by atoms with E-state index < -0.39 is 0 Å². The van der Waals surface area contributed by atoms with Crippen molar-refractivity contribution in [3.8, 4) is 5.75 Å². The molecule has 1 heterocycles. The number of aryl methyl sites for hydroxylation is 2. The summed E-state index contributed by atoms with van der Waals surface area (Å²) in [5.41, 5.74) is 3.16. The van der Waals surface area contributed by atoms with Gasteiger partial charge in [0, 0.05) is 19.7 Å². The zero-order valence-electron chi connectivity index (χ0n) is 11.6. The zero-order valence-corrected chi connectivity index (χ0v) is 11.6. The van der Waals surface area contributed by atoms with Crippen LogP contribution in [0.25, 0.3) is 0 Å². The maximum atomic E-state index is 9.76. The van der Waals surface area contributed by atoms with Gasteiger partial charge in [-0.15, -0.1) is 0 Å². The second-order valence-electron chi connectivity index (χ2n) is 5.41. The zero-order chi connectivity index (χ0) is 13.1. The maximum absolute atomic E-state index is 9.76. The molecule has 0 aliphatic carbocycles. The summed E-state index contributed by atoms with van der Waals surface area (Å²) in [6.45, 7) is 6.70. The normalized spacial score (nSPS) is 19.7. The lowest BCUT2D eigenvalue weighted by Gasteiger charge is -2.21. The van der Waals surface area contributed by atoms with E-state index in [0.717, 1.165) is 30.8 Å². The summed E-state index contributed by atoms with van der Waals surface area (Å²) in [5.74, 6) is 0.417. The number of rotatable bonds is 4. The van der Waals surface area contributed by atoms with Crippen LogP contribution in [0.3, 0.4) is 0 Å². The van der Waals surface area contributed by atoms with Crippen molar-refractivity contribution in [1.82, 2.24) is 4.90 Å². The quantitative estimate of drug-likeness (QED) is 0.890. The molecule has 0 bridgehead atoms. The van der Waals surface area contributed by atoms with Crippen LogP contribution in [0, 0.1) is 13.8 Å². The number of phenols is 1. The SMILES string of the molecule is Cc1cc(CN(C)CC2CCCO2)cc(C)c1O. The second kappa shape index (κ2) is 5.72. The van der Waals surface area contributed by atoms with Crippen molar-refractivity contribution in [2.75, 3.05) is 20.2 Å². The van der Waals surface area contributed by atoms with Crippen LogP contribution >= 0.6 is 0 Å². The van der Waals surface area contributed by atoms with Gasteiger partial charge < -0.3 is 9.84 Å². The van der Waals surface area contributed by atoms with Gasteiger partial charge in [-0.05, 0) is 50.4 Å². The minimum absolute atomic E-state index is 0.398. The summed E-state index contributed by atoms with van der Waals surface area (Å²) in [6.07, 6.45) is 2.77. The Bertz CT molecular complexity index is 388. The number of benzene rings is 1. The van der Waals surface area contributed by atoms with E-state index in [9.17, 15) is 5.11 Å². The molecule has 0 spiro atoms. The average molecular weight is 249 g/mol. The monoisotopic (exact) mass is 249 g/mol. The number of phenolic OH excluding ortho intramolecular Hbond substituents is 1. The summed E-state index contributed by atoms with van der Waals surface area (Å²) in [7, 11) is 2.12. The molecule has 0 aromatic heterocycles. The van der Waals surface area contributed by atoms with Gasteiger partial charge in [-0.2, -0.15) is 0 Å². The molecular formula is C15H23NO2. The van der Waals surface area contributed by atoms with Gasteiger partial charge in [0.15, 0.2) is 0 Å². The standard InChI is InChI=1S/C15H23NO2/c1-11-7-13(8-12(2)15(11)17)9-16(3)10-14-5-4-6-18-14/h7-8,14,17H,4-6,9-10H2,1-3H3. The molecule has 1 saturated heterocycles. The summed E-state index contributed by atoms with van der Waals surface area (Å²) in [6, 6.07) is 4.13. The van der Waals surface area contributed by atoms with Crippen molar-refractivity contribution in [1.29, 1.82) is 0 Å². The highest BCUT2D eigenvalue weighted by Crippen LogP contribution is 2.23. The van der Waals surface area contributed by atoms with E-state index in [1.807, 2.05) is 13.8 Å². The first-order valence-electron chi connectivity index (χ1n) is 6.65. The molecule has 0 saturated carbocycles. The van der Waals surface area contributed by atoms with Crippen molar-refractivity contribution >= 4 is 0 Å². The van der Waals surface area contributed by atoms with Crippen LogP contribution in [0.2, 0.25) is 0 Å². The van der Waals surface area contributed by atoms with Gasteiger partial charge in [0.05, 0.1) is 6.10 Å². The maximum Gasteiger partial charge on any atom is 0.121 e. The highest BCUT2D eigenvalue weighted by Gasteiger charge is 2.17. The topological polar surface area (TPSA) is 32.7 Å². The van der Waals surface area contributed by atoms with Crippen molar-refractivity contribution in [3.05, 3.63) is 28.8 Å². The molecule has 0 radical (unpaired) electrons. The van der Waals surface area contributed by atoms with Crippen LogP contribution in [0.4, 0.5) is 0 Å². The predicted molar refractivity (Wildman–Crippen MR) is 72.9 cm³/mol. The molecule has 100 valence electrons. The summed E-state index contributed by atoms with van der Waals surface area (Å²) in [4.78, 5) is 2.29. The van der Waals surface area contributed by atoms with Crippen LogP contribution in [0.5, 0.6) is 5.75 Å². The average Bonchev–Trinajstić information content (AvgIpc) is 2.78. The Labute approximate surface area is 109 Å². The van der Waals surface area contributed by atoms with E-state index in [0.29, 0.717) is 11.9 Å². The molecule has 3 nitrogen and oxygen atoms in total. The Kier molecular flexibility index (Phi) is 4.25. The molecular weight excluding hydrogens is 226 g/mol. The third-order valence-electron chi connectivity index (χ3n) is 3.54. The molecule has 18 heavy (non-hydrogen) atoms. The predicted octanol–water partition coefficient (Wildman–Crippen LogP) is 2.62. The van der Waals surface area contributed by atoms with Crippen LogP contribution in [0.15, 0.2) is 12.1 Å². The third kappa shape index (κ3) is 3.24. The lowest BCUT2D eigenvalue weighted by Crippen LogP contribution is -2.28. The van der Waals surface area contributed by atoms with E-state index >= 15 is 0 Å². The molecule has 1 fully saturated rings. The highest BCUT2D eigenvalue weighted by atomic mass is 16.5. The van der Waals surface area contributed by atoms with E-state index in [4.69, 9.17) is 4.74 Å². The lowest BCUT2D eigenvalue weighted by atomic mass is 10.1. The third-order valence-corrected chi connectivity index (χ3v) is 3.54. The number of hydrogen-bond acceptors (Lipinski definition) is 3. The van der Waals surface area contributed by atoms with Gasteiger partial charge >= 0.3 is 0 Å². The van der Waals surface area contributed by atoms with E-state index in [-0.39, 0.29) is 0 Å². The van der Waals surface area contributed by atoms with Gasteiger partial charge in [0.25, 0.3) is 0 Å². The lowest BCUT2D eigenvalue weighted by molar-refractivity contribution is 0.0793. The Morgan fingerprint density at radius 2 is 2.00 bits per heavy atom. The van der Waals surface area contributed by atoms with Crippen LogP contribution in [0.1, 0.15) is 29.5 Å². The van der Waals surface area contributed by atoms with Gasteiger partial charge in [-0.3, -0.25) is 4.90 Å². The van der Waals surface area contributed by atoms with Crippen LogP contribution in [-0.2, 0) is 11.3 Å². The molecule has 1 aliphatic rings. The number of likely N-dealkylation sites (N-methyl/N-ethyl adjacent to an activating group) is 1. The van der Waals surface area contributed by atoms with Gasteiger partial charge in [0.2, 0.25) is 0 Å². The van der Waals surface area contributed by atoms with Crippen molar-refractivity contribution < 1.29 is 9.84 Å². The molecule has 0 amide bonds. The van der Waals surface area contributed by atoms with E-state index in [2.05, 4.69) is 24.1 Å². The van der Waals surface area contributed by atoms with E-state index in [1.54, 1.807) is 0 Å². The fourth-order valence-electron chi connectivity index (χ4n) is 2.65. The minimum atomic E-state index is 0.398. The summed E-state index contributed by atoms with van der Waals surface area (Å²) in [5, 5.41) is 9.76. The first-order valence-corrected chi connectivity index (χ1v) is 6.65. The second-order valence-corrected chi connectivity index (χ2v) is 5.41. The fraction of sp³-hybridized carbons (Fsp3) is 0.600.